The predicted molar refractivity (Wildman–Crippen MR) is 104 cm³/mol. The molecule has 7 heteroatoms. The number of H-pyrrole nitrogens is 1. The number of ether oxygens (including phenoxy) is 1. The van der Waals surface area contributed by atoms with Crippen LogP contribution in [0.3, 0.4) is 0 Å². The number of nitrogens with zero attached hydrogens (tertiary/aromatic N) is 2. The van der Waals surface area contributed by atoms with Gasteiger partial charge in [0.15, 0.2) is 5.75 Å². The van der Waals surface area contributed by atoms with E-state index in [2.05, 4.69) is 42.6 Å². The molecule has 0 spiro atoms. The minimum absolute atomic E-state index is 0.0922. The second-order valence-electron chi connectivity index (χ2n) is 6.32. The Morgan fingerprint density at radius 2 is 2.12 bits per heavy atom. The molecule has 0 aliphatic carbocycles. The third kappa shape index (κ3) is 4.04. The molecular formula is C18H21N3O2S2. The number of rotatable bonds is 6. The summed E-state index contributed by atoms with van der Waals surface area (Å²) >= 11 is 3.30. The van der Waals surface area contributed by atoms with E-state index < -0.39 is 0 Å². The number of aromatic nitrogens is 3. The fourth-order valence-corrected chi connectivity index (χ4v) is 4.39. The van der Waals surface area contributed by atoms with Crippen LogP contribution in [0.2, 0.25) is 0 Å². The van der Waals surface area contributed by atoms with Gasteiger partial charge in [0, 0.05) is 34.0 Å². The normalized spacial score (nSPS) is 11.4. The molecule has 0 bridgehead atoms. The molecule has 0 fully saturated rings. The highest BCUT2D eigenvalue weighted by Crippen LogP contribution is 2.35. The van der Waals surface area contributed by atoms with Crippen LogP contribution in [0.5, 0.6) is 5.75 Å². The lowest BCUT2D eigenvalue weighted by molar-refractivity contribution is 0.268. The monoisotopic (exact) mass is 375 g/mol. The highest BCUT2D eigenvalue weighted by molar-refractivity contribution is 7.98. The number of nitrogens with one attached hydrogen (secondary N) is 1. The van der Waals surface area contributed by atoms with Crippen molar-refractivity contribution < 1.29 is 4.74 Å². The van der Waals surface area contributed by atoms with Crippen LogP contribution in [0.25, 0.3) is 10.2 Å². The quantitative estimate of drug-likeness (QED) is 0.513. The number of hydrogen-bond donors (Lipinski definition) is 1. The molecule has 0 saturated carbocycles. The summed E-state index contributed by atoms with van der Waals surface area (Å²) in [5, 5.41) is 2.07. The van der Waals surface area contributed by atoms with Crippen molar-refractivity contribution in [2.45, 2.75) is 38.5 Å². The van der Waals surface area contributed by atoms with Crippen molar-refractivity contribution in [1.82, 2.24) is 15.0 Å². The molecule has 3 aromatic heterocycles. The van der Waals surface area contributed by atoms with Crippen LogP contribution >= 0.6 is 23.1 Å². The molecule has 0 unspecified atom stereocenters. The van der Waals surface area contributed by atoms with Crippen LogP contribution in [-0.4, -0.2) is 21.6 Å². The molecule has 1 N–H and O–H groups in total. The highest BCUT2D eigenvalue weighted by atomic mass is 32.2. The first-order valence-electron chi connectivity index (χ1n) is 8.13. The average molecular weight is 376 g/mol. The molecule has 0 amide bonds. The van der Waals surface area contributed by atoms with Crippen LogP contribution in [-0.2, 0) is 5.75 Å². The molecule has 25 heavy (non-hydrogen) atoms. The van der Waals surface area contributed by atoms with Gasteiger partial charge < -0.3 is 9.72 Å². The first kappa shape index (κ1) is 17.9. The Morgan fingerprint density at radius 1 is 1.32 bits per heavy atom. The lowest BCUT2D eigenvalue weighted by atomic mass is 10.2. The number of hydrogen-bond acceptors (Lipinski definition) is 6. The summed E-state index contributed by atoms with van der Waals surface area (Å²) in [6.07, 6.45) is 3.25. The predicted octanol–water partition coefficient (Wildman–Crippen LogP) is 4.32. The molecule has 0 aliphatic rings. The fourth-order valence-electron chi connectivity index (χ4n) is 2.36. The molecule has 5 nitrogen and oxygen atoms in total. The maximum Gasteiger partial charge on any atom is 0.223 e. The van der Waals surface area contributed by atoms with E-state index in [4.69, 9.17) is 4.74 Å². The maximum atomic E-state index is 12.2. The number of thioether (sulfide) groups is 1. The van der Waals surface area contributed by atoms with Crippen LogP contribution in [0.15, 0.2) is 28.4 Å². The summed E-state index contributed by atoms with van der Waals surface area (Å²) in [5.74, 6) is 1.39. The SMILES string of the molecule is Cc1sc2ncnc(SCc3cc(=O)c(OCC(C)C)c[nH]3)c2c1C. The van der Waals surface area contributed by atoms with Crippen LogP contribution in [0.4, 0.5) is 0 Å². The van der Waals surface area contributed by atoms with E-state index in [0.717, 1.165) is 20.9 Å². The molecule has 0 aliphatic heterocycles. The van der Waals surface area contributed by atoms with E-state index in [1.54, 1.807) is 41.7 Å². The zero-order chi connectivity index (χ0) is 18.0. The molecule has 3 aromatic rings. The van der Waals surface area contributed by atoms with Gasteiger partial charge in [0.1, 0.15) is 16.2 Å². The van der Waals surface area contributed by atoms with Gasteiger partial charge in [0.05, 0.1) is 6.61 Å². The summed E-state index contributed by atoms with van der Waals surface area (Å²) in [6, 6.07) is 1.60. The Hall–Kier alpha value is -1.86. The van der Waals surface area contributed by atoms with Gasteiger partial charge >= 0.3 is 0 Å². The summed E-state index contributed by atoms with van der Waals surface area (Å²) < 4.78 is 5.52. The van der Waals surface area contributed by atoms with Gasteiger partial charge in [-0.15, -0.1) is 11.3 Å². The Labute approximate surface area is 154 Å². The number of aryl methyl sites for hydroxylation is 2. The largest absolute Gasteiger partial charge is 0.488 e. The standard InChI is InChI=1S/C18H21N3O2S2/c1-10(2)7-23-15-6-19-13(5-14(15)22)8-24-17-16-11(3)12(4)25-18(16)21-9-20-17/h5-6,9-10H,7-8H2,1-4H3,(H,19,22). The highest BCUT2D eigenvalue weighted by Gasteiger charge is 2.13. The van der Waals surface area contributed by atoms with Crippen molar-refractivity contribution in [2.24, 2.45) is 5.92 Å². The van der Waals surface area contributed by atoms with Crippen molar-refractivity contribution in [3.8, 4) is 5.75 Å². The smallest absolute Gasteiger partial charge is 0.223 e. The molecule has 0 aromatic carbocycles. The van der Waals surface area contributed by atoms with Crippen LogP contribution in [0, 0.1) is 19.8 Å². The van der Waals surface area contributed by atoms with Crippen molar-refractivity contribution in [3.05, 3.63) is 44.9 Å². The molecular weight excluding hydrogens is 354 g/mol. The molecule has 3 heterocycles. The van der Waals surface area contributed by atoms with E-state index in [-0.39, 0.29) is 5.43 Å². The van der Waals surface area contributed by atoms with Crippen molar-refractivity contribution in [3.63, 3.8) is 0 Å². The summed E-state index contributed by atoms with van der Waals surface area (Å²) in [6.45, 7) is 8.84. The third-order valence-corrected chi connectivity index (χ3v) is 5.96. The van der Waals surface area contributed by atoms with Crippen molar-refractivity contribution in [1.29, 1.82) is 0 Å². The van der Waals surface area contributed by atoms with E-state index >= 15 is 0 Å². The zero-order valence-corrected chi connectivity index (χ0v) is 16.4. The van der Waals surface area contributed by atoms with E-state index in [9.17, 15) is 4.79 Å². The van der Waals surface area contributed by atoms with Gasteiger partial charge in [0.2, 0.25) is 5.43 Å². The Kier molecular flexibility index (Phi) is 5.44. The number of aromatic amines is 1. The summed E-state index contributed by atoms with van der Waals surface area (Å²) in [4.78, 5) is 26.4. The minimum atomic E-state index is -0.0922. The molecule has 0 atom stereocenters. The van der Waals surface area contributed by atoms with Crippen molar-refractivity contribution in [2.75, 3.05) is 6.61 Å². The first-order valence-corrected chi connectivity index (χ1v) is 9.93. The van der Waals surface area contributed by atoms with Gasteiger partial charge in [-0.1, -0.05) is 25.6 Å². The Morgan fingerprint density at radius 3 is 2.84 bits per heavy atom. The minimum Gasteiger partial charge on any atom is -0.488 e. The van der Waals surface area contributed by atoms with Gasteiger partial charge in [0.25, 0.3) is 0 Å². The second kappa shape index (κ2) is 7.58. The van der Waals surface area contributed by atoms with Crippen molar-refractivity contribution >= 4 is 33.3 Å². The topological polar surface area (TPSA) is 67.9 Å². The lowest BCUT2D eigenvalue weighted by Crippen LogP contribution is -2.13. The lowest BCUT2D eigenvalue weighted by Gasteiger charge is -2.08. The third-order valence-electron chi connectivity index (χ3n) is 3.80. The summed E-state index contributed by atoms with van der Waals surface area (Å²) in [5.41, 5.74) is 1.99. The maximum absolute atomic E-state index is 12.2. The molecule has 132 valence electrons. The number of thiophene rings is 1. The number of fused-ring (bicyclic) bond motifs is 1. The Bertz CT molecular complexity index is 947. The zero-order valence-electron chi connectivity index (χ0n) is 14.8. The van der Waals surface area contributed by atoms with E-state index in [1.165, 1.54) is 10.4 Å². The molecule has 0 saturated heterocycles. The second-order valence-corrected chi connectivity index (χ2v) is 8.49. The van der Waals surface area contributed by atoms with Gasteiger partial charge in [-0.05, 0) is 25.3 Å². The Balaban J connectivity index is 1.76. The number of pyridine rings is 1. The first-order chi connectivity index (χ1) is 12.0. The van der Waals surface area contributed by atoms with E-state index in [1.807, 2.05) is 0 Å². The van der Waals surface area contributed by atoms with E-state index in [0.29, 0.717) is 24.0 Å². The summed E-state index contributed by atoms with van der Waals surface area (Å²) in [7, 11) is 0. The average Bonchev–Trinajstić information content (AvgIpc) is 2.87. The van der Waals surface area contributed by atoms with Gasteiger partial charge in [-0.25, -0.2) is 9.97 Å². The molecule has 3 rings (SSSR count). The van der Waals surface area contributed by atoms with Gasteiger partial charge in [-0.3, -0.25) is 4.79 Å². The van der Waals surface area contributed by atoms with Crippen LogP contribution in [0.1, 0.15) is 30.0 Å². The van der Waals surface area contributed by atoms with Gasteiger partial charge in [-0.2, -0.15) is 0 Å². The fraction of sp³-hybridized carbons (Fsp3) is 0.389. The molecule has 0 radical (unpaired) electrons. The van der Waals surface area contributed by atoms with Crippen LogP contribution < -0.4 is 10.2 Å².